The van der Waals surface area contributed by atoms with Crippen LogP contribution in [-0.4, -0.2) is 31.0 Å². The number of nitrogens with zero attached hydrogens (tertiary/aromatic N) is 2. The second kappa shape index (κ2) is 9.35. The van der Waals surface area contributed by atoms with Gasteiger partial charge in [-0.2, -0.15) is 5.26 Å². The number of hydrogen-bond acceptors (Lipinski definition) is 8. The van der Waals surface area contributed by atoms with Gasteiger partial charge in [-0.15, -0.1) is 0 Å². The van der Waals surface area contributed by atoms with Crippen LogP contribution in [0, 0.1) is 11.3 Å². The number of nitrogens with two attached hydrogens (primary N) is 1. The van der Waals surface area contributed by atoms with Gasteiger partial charge in [0, 0.05) is 11.3 Å². The van der Waals surface area contributed by atoms with E-state index in [0.29, 0.717) is 11.3 Å². The van der Waals surface area contributed by atoms with E-state index in [0.717, 1.165) is 5.56 Å². The number of esters is 2. The fourth-order valence-electron chi connectivity index (χ4n) is 4.49. The second-order valence-electron chi connectivity index (χ2n) is 7.91. The van der Waals surface area contributed by atoms with Crippen molar-refractivity contribution in [2.24, 2.45) is 5.73 Å². The molecule has 2 heterocycles. The molecule has 9 heteroatoms. The maximum Gasteiger partial charge on any atom is 0.339 e. The topological polar surface area (TPSA) is 132 Å². The van der Waals surface area contributed by atoms with Gasteiger partial charge in [0.15, 0.2) is 5.41 Å². The quantitative estimate of drug-likeness (QED) is 0.633. The standard InChI is InChI=1S/C26H23N3O6/c1-3-33-24(31)22-16(2)35-23(28)19(13-27)26(22)18-11-7-8-12-20(18)29(25(26)32)14-21(30)34-15-17-9-5-4-6-10-17/h4-12H,3,14-15,28H2,1-2H3/t26-/m1/s1. The number of anilines is 1. The van der Waals surface area contributed by atoms with E-state index in [1.165, 1.54) is 11.8 Å². The van der Waals surface area contributed by atoms with Crippen LogP contribution in [0.25, 0.3) is 0 Å². The molecule has 0 saturated heterocycles. The molecular formula is C26H23N3O6. The van der Waals surface area contributed by atoms with Crippen molar-refractivity contribution in [2.45, 2.75) is 25.9 Å². The number of fused-ring (bicyclic) bond motifs is 2. The molecule has 2 aromatic rings. The number of allylic oxidation sites excluding steroid dienone is 1. The predicted molar refractivity (Wildman–Crippen MR) is 124 cm³/mol. The van der Waals surface area contributed by atoms with Crippen molar-refractivity contribution in [3.8, 4) is 6.07 Å². The summed E-state index contributed by atoms with van der Waals surface area (Å²) in [5, 5.41) is 10.0. The van der Waals surface area contributed by atoms with Crippen LogP contribution in [0.15, 0.2) is 77.4 Å². The first-order valence-electron chi connectivity index (χ1n) is 10.9. The van der Waals surface area contributed by atoms with E-state index in [-0.39, 0.29) is 36.0 Å². The third-order valence-corrected chi connectivity index (χ3v) is 5.90. The van der Waals surface area contributed by atoms with E-state index in [2.05, 4.69) is 0 Å². The summed E-state index contributed by atoms with van der Waals surface area (Å²) >= 11 is 0. The summed E-state index contributed by atoms with van der Waals surface area (Å²) in [5.74, 6) is -2.43. The van der Waals surface area contributed by atoms with Gasteiger partial charge < -0.3 is 19.9 Å². The van der Waals surface area contributed by atoms with Crippen molar-refractivity contribution in [3.63, 3.8) is 0 Å². The zero-order valence-corrected chi connectivity index (χ0v) is 19.2. The Morgan fingerprint density at radius 1 is 1.11 bits per heavy atom. The lowest BCUT2D eigenvalue weighted by Gasteiger charge is -2.34. The highest BCUT2D eigenvalue weighted by atomic mass is 16.5. The van der Waals surface area contributed by atoms with Crippen molar-refractivity contribution in [1.82, 2.24) is 0 Å². The normalized spacial score (nSPS) is 18.8. The van der Waals surface area contributed by atoms with Gasteiger partial charge in [-0.1, -0.05) is 48.5 Å². The summed E-state index contributed by atoms with van der Waals surface area (Å²) in [6, 6.07) is 17.7. The Morgan fingerprint density at radius 3 is 2.49 bits per heavy atom. The molecule has 35 heavy (non-hydrogen) atoms. The minimum absolute atomic E-state index is 0.0334. The van der Waals surface area contributed by atoms with Gasteiger partial charge in [-0.25, -0.2) is 4.79 Å². The van der Waals surface area contributed by atoms with Crippen LogP contribution in [0.1, 0.15) is 25.0 Å². The van der Waals surface area contributed by atoms with E-state index in [1.54, 1.807) is 31.2 Å². The number of hydrogen-bond donors (Lipinski definition) is 1. The number of carbonyl (C=O) groups is 3. The molecule has 2 aliphatic heterocycles. The molecule has 0 radical (unpaired) electrons. The summed E-state index contributed by atoms with van der Waals surface area (Å²) in [6.07, 6.45) is 0. The molecule has 178 valence electrons. The Kier molecular flexibility index (Phi) is 6.30. The lowest BCUT2D eigenvalue weighted by atomic mass is 9.68. The van der Waals surface area contributed by atoms with Gasteiger partial charge in [-0.05, 0) is 25.5 Å². The Bertz CT molecular complexity index is 1310. The smallest absolute Gasteiger partial charge is 0.339 e. The largest absolute Gasteiger partial charge is 0.462 e. The van der Waals surface area contributed by atoms with Gasteiger partial charge in [0.1, 0.15) is 36.1 Å². The molecule has 2 aliphatic rings. The third kappa shape index (κ3) is 3.79. The highest BCUT2D eigenvalue weighted by molar-refractivity contribution is 6.19. The van der Waals surface area contributed by atoms with Crippen molar-refractivity contribution in [1.29, 1.82) is 5.26 Å². The average molecular weight is 473 g/mol. The number of para-hydroxylation sites is 1. The number of ether oxygens (including phenoxy) is 3. The molecule has 0 bridgehead atoms. The molecular weight excluding hydrogens is 450 g/mol. The van der Waals surface area contributed by atoms with E-state index in [9.17, 15) is 19.6 Å². The lowest BCUT2D eigenvalue weighted by molar-refractivity contribution is -0.144. The van der Waals surface area contributed by atoms with Crippen LogP contribution < -0.4 is 10.6 Å². The first-order valence-corrected chi connectivity index (χ1v) is 10.9. The monoisotopic (exact) mass is 473 g/mol. The van der Waals surface area contributed by atoms with Crippen molar-refractivity contribution in [2.75, 3.05) is 18.1 Å². The number of carbonyl (C=O) groups excluding carboxylic acids is 3. The molecule has 2 N–H and O–H groups in total. The maximum absolute atomic E-state index is 14.1. The third-order valence-electron chi connectivity index (χ3n) is 5.90. The van der Waals surface area contributed by atoms with E-state index in [1.807, 2.05) is 36.4 Å². The summed E-state index contributed by atoms with van der Waals surface area (Å²) in [5.41, 5.74) is 5.20. The van der Waals surface area contributed by atoms with E-state index >= 15 is 0 Å². The number of nitriles is 1. The fourth-order valence-corrected chi connectivity index (χ4v) is 4.49. The minimum atomic E-state index is -1.91. The molecule has 0 aromatic heterocycles. The first kappa shape index (κ1) is 23.6. The van der Waals surface area contributed by atoms with Gasteiger partial charge in [0.05, 0.1) is 6.61 Å². The molecule has 4 rings (SSSR count). The maximum atomic E-state index is 14.1. The van der Waals surface area contributed by atoms with Gasteiger partial charge in [0.2, 0.25) is 11.8 Å². The number of amides is 1. The number of rotatable bonds is 6. The van der Waals surface area contributed by atoms with Crippen LogP contribution in [0.5, 0.6) is 0 Å². The Labute approximate surface area is 202 Å². The van der Waals surface area contributed by atoms with Crippen LogP contribution in [0.2, 0.25) is 0 Å². The highest BCUT2D eigenvalue weighted by Gasteiger charge is 2.62. The fraction of sp³-hybridized carbons (Fsp3) is 0.231. The molecule has 2 aromatic carbocycles. The summed E-state index contributed by atoms with van der Waals surface area (Å²) < 4.78 is 16.1. The van der Waals surface area contributed by atoms with E-state index in [4.69, 9.17) is 19.9 Å². The molecule has 1 amide bonds. The molecule has 1 spiro atoms. The SMILES string of the molecule is CCOC(=O)C1=C(C)OC(N)=C(C#N)[C@@]12C(=O)N(CC(=O)OCc1ccccc1)c1ccccc12. The lowest BCUT2D eigenvalue weighted by Crippen LogP contribution is -2.49. The summed E-state index contributed by atoms with van der Waals surface area (Å²) in [6.45, 7) is 2.74. The molecule has 0 aliphatic carbocycles. The summed E-state index contributed by atoms with van der Waals surface area (Å²) in [7, 11) is 0. The summed E-state index contributed by atoms with van der Waals surface area (Å²) in [4.78, 5) is 41.1. The average Bonchev–Trinajstić information content (AvgIpc) is 3.07. The molecule has 0 saturated carbocycles. The zero-order valence-electron chi connectivity index (χ0n) is 19.2. The van der Waals surface area contributed by atoms with Gasteiger partial charge >= 0.3 is 11.9 Å². The van der Waals surface area contributed by atoms with Crippen LogP contribution in [-0.2, 0) is 40.6 Å². The molecule has 1 atom stereocenters. The molecule has 0 fully saturated rings. The van der Waals surface area contributed by atoms with Gasteiger partial charge in [-0.3, -0.25) is 14.5 Å². The van der Waals surface area contributed by atoms with Crippen LogP contribution in [0.4, 0.5) is 5.69 Å². The highest BCUT2D eigenvalue weighted by Crippen LogP contribution is 2.54. The van der Waals surface area contributed by atoms with Gasteiger partial charge in [0.25, 0.3) is 0 Å². The Hall–Kier alpha value is -4.58. The minimum Gasteiger partial charge on any atom is -0.462 e. The predicted octanol–water partition coefficient (Wildman–Crippen LogP) is 2.58. The Balaban J connectivity index is 1.78. The van der Waals surface area contributed by atoms with Crippen molar-refractivity contribution >= 4 is 23.5 Å². The molecule has 9 nitrogen and oxygen atoms in total. The molecule has 0 unspecified atom stereocenters. The zero-order chi connectivity index (χ0) is 25.2. The number of benzene rings is 2. The first-order chi connectivity index (χ1) is 16.9. The Morgan fingerprint density at radius 2 is 1.80 bits per heavy atom. The van der Waals surface area contributed by atoms with Crippen molar-refractivity contribution < 1.29 is 28.6 Å². The second-order valence-corrected chi connectivity index (χ2v) is 7.91. The van der Waals surface area contributed by atoms with Crippen molar-refractivity contribution in [3.05, 3.63) is 88.5 Å². The van der Waals surface area contributed by atoms with Crippen LogP contribution >= 0.6 is 0 Å². The van der Waals surface area contributed by atoms with Crippen LogP contribution in [0.3, 0.4) is 0 Å². The van der Waals surface area contributed by atoms with E-state index < -0.39 is 29.8 Å².